The second-order valence-corrected chi connectivity index (χ2v) is 8.74. The summed E-state index contributed by atoms with van der Waals surface area (Å²) in [4.78, 5) is 27.5. The predicted molar refractivity (Wildman–Crippen MR) is 120 cm³/mol. The normalized spacial score (nSPS) is 16.8. The minimum absolute atomic E-state index is 0.0180. The smallest absolute Gasteiger partial charge is 0.289 e. The molecule has 8 heteroatoms. The lowest BCUT2D eigenvalue weighted by Crippen LogP contribution is -2.46. The number of halogens is 1. The molecule has 0 saturated carbocycles. The van der Waals surface area contributed by atoms with Crippen molar-refractivity contribution in [2.75, 3.05) is 13.1 Å². The molecule has 2 aliphatic rings. The third kappa shape index (κ3) is 4.42. The van der Waals surface area contributed by atoms with Crippen molar-refractivity contribution in [3.8, 4) is 5.69 Å². The van der Waals surface area contributed by atoms with E-state index in [2.05, 4.69) is 10.4 Å². The number of nitrogens with zero attached hydrogens (tertiary/aromatic N) is 3. The van der Waals surface area contributed by atoms with E-state index in [1.807, 2.05) is 0 Å². The second kappa shape index (κ2) is 9.21. The van der Waals surface area contributed by atoms with E-state index in [-0.39, 0.29) is 23.7 Å². The first kappa shape index (κ1) is 21.4. The molecule has 1 N–H and O–H groups in total. The zero-order valence-electron chi connectivity index (χ0n) is 18.4. The lowest BCUT2D eigenvalue weighted by Gasteiger charge is -2.31. The Bertz CT molecular complexity index is 1130. The molecule has 0 radical (unpaired) electrons. The molecule has 172 valence electrons. The zero-order chi connectivity index (χ0) is 22.8. The number of likely N-dealkylation sites (tertiary alicyclic amines) is 1. The van der Waals surface area contributed by atoms with E-state index in [0.717, 1.165) is 49.0 Å². The fraction of sp³-hybridized carbons (Fsp3) is 0.400. The maximum Gasteiger partial charge on any atom is 0.289 e. The molecular formula is C25H27FN4O3. The van der Waals surface area contributed by atoms with E-state index in [4.69, 9.17) is 4.42 Å². The molecule has 1 saturated heterocycles. The Balaban J connectivity index is 1.31. The van der Waals surface area contributed by atoms with Gasteiger partial charge in [0, 0.05) is 30.4 Å². The summed E-state index contributed by atoms with van der Waals surface area (Å²) >= 11 is 0. The highest BCUT2D eigenvalue weighted by atomic mass is 19.1. The zero-order valence-corrected chi connectivity index (χ0v) is 18.4. The van der Waals surface area contributed by atoms with Gasteiger partial charge in [-0.3, -0.25) is 9.59 Å². The summed E-state index contributed by atoms with van der Waals surface area (Å²) in [7, 11) is 0. The minimum Gasteiger partial charge on any atom is -0.459 e. The van der Waals surface area contributed by atoms with Gasteiger partial charge in [0.1, 0.15) is 5.82 Å². The molecule has 1 aliphatic heterocycles. The Hall–Kier alpha value is -3.42. The van der Waals surface area contributed by atoms with Crippen molar-refractivity contribution in [1.82, 2.24) is 20.0 Å². The number of rotatable bonds is 4. The summed E-state index contributed by atoms with van der Waals surface area (Å²) in [6.45, 7) is 1.12. The van der Waals surface area contributed by atoms with Gasteiger partial charge in [0.25, 0.3) is 11.8 Å². The van der Waals surface area contributed by atoms with E-state index in [0.29, 0.717) is 37.4 Å². The number of aromatic nitrogens is 2. The van der Waals surface area contributed by atoms with Crippen LogP contribution in [0.15, 0.2) is 47.1 Å². The maximum atomic E-state index is 13.4. The molecule has 2 aromatic heterocycles. The average Bonchev–Trinajstić information content (AvgIpc) is 3.43. The molecule has 33 heavy (non-hydrogen) atoms. The number of nitrogens with one attached hydrogen (secondary N) is 1. The van der Waals surface area contributed by atoms with Gasteiger partial charge >= 0.3 is 0 Å². The number of hydrogen-bond donors (Lipinski definition) is 1. The summed E-state index contributed by atoms with van der Waals surface area (Å²) in [5.74, 6) is -0.253. The van der Waals surface area contributed by atoms with E-state index >= 15 is 0 Å². The van der Waals surface area contributed by atoms with Crippen LogP contribution < -0.4 is 5.32 Å². The Kier molecular flexibility index (Phi) is 5.98. The van der Waals surface area contributed by atoms with Gasteiger partial charge in [-0.25, -0.2) is 9.07 Å². The highest BCUT2D eigenvalue weighted by Gasteiger charge is 2.29. The van der Waals surface area contributed by atoms with Crippen LogP contribution in [0.2, 0.25) is 0 Å². The van der Waals surface area contributed by atoms with Gasteiger partial charge in [-0.1, -0.05) is 6.42 Å². The van der Waals surface area contributed by atoms with Crippen LogP contribution in [0.3, 0.4) is 0 Å². The topological polar surface area (TPSA) is 80.4 Å². The maximum absolute atomic E-state index is 13.4. The monoisotopic (exact) mass is 450 g/mol. The molecule has 1 aliphatic carbocycles. The van der Waals surface area contributed by atoms with Crippen LogP contribution in [0.1, 0.15) is 64.4 Å². The molecule has 2 amide bonds. The lowest BCUT2D eigenvalue weighted by molar-refractivity contribution is 0.0667. The van der Waals surface area contributed by atoms with Crippen LogP contribution >= 0.6 is 0 Å². The third-order valence-electron chi connectivity index (χ3n) is 6.57. The Morgan fingerprint density at radius 2 is 1.79 bits per heavy atom. The highest BCUT2D eigenvalue weighted by molar-refractivity contribution is 5.94. The molecule has 3 heterocycles. The Labute approximate surface area is 191 Å². The first-order valence-electron chi connectivity index (χ1n) is 11.6. The molecule has 0 atom stereocenters. The van der Waals surface area contributed by atoms with Crippen molar-refractivity contribution >= 4 is 11.8 Å². The van der Waals surface area contributed by atoms with Crippen LogP contribution in [0, 0.1) is 5.82 Å². The number of carbonyl (C=O) groups is 2. The first-order valence-corrected chi connectivity index (χ1v) is 11.6. The van der Waals surface area contributed by atoms with E-state index < -0.39 is 0 Å². The lowest BCUT2D eigenvalue weighted by atomic mass is 10.0. The van der Waals surface area contributed by atoms with Crippen molar-refractivity contribution in [2.24, 2.45) is 0 Å². The number of benzene rings is 1. The number of amides is 2. The summed E-state index contributed by atoms with van der Waals surface area (Å²) in [6, 6.07) is 9.57. The van der Waals surface area contributed by atoms with Crippen LogP contribution in [0.4, 0.5) is 4.39 Å². The van der Waals surface area contributed by atoms with Gasteiger partial charge in [-0.05, 0) is 74.9 Å². The molecule has 0 bridgehead atoms. The van der Waals surface area contributed by atoms with Gasteiger partial charge in [0.05, 0.1) is 12.0 Å². The van der Waals surface area contributed by atoms with E-state index in [1.54, 1.807) is 33.8 Å². The number of furan rings is 1. The number of piperidine rings is 1. The third-order valence-corrected chi connectivity index (χ3v) is 6.57. The predicted octanol–water partition coefficient (Wildman–Crippen LogP) is 3.91. The Morgan fingerprint density at radius 3 is 2.52 bits per heavy atom. The van der Waals surface area contributed by atoms with Gasteiger partial charge in [0.15, 0.2) is 11.5 Å². The average molecular weight is 451 g/mol. The molecular weight excluding hydrogens is 423 g/mol. The summed E-state index contributed by atoms with van der Waals surface area (Å²) in [6.07, 6.45) is 7.70. The SMILES string of the molecule is O=C(NC1CCN(C(=O)c2ccco2)CC1)c1nn(-c2ccc(F)cc2)c2c1CCCCC2. The van der Waals surface area contributed by atoms with Crippen molar-refractivity contribution in [2.45, 2.75) is 51.0 Å². The second-order valence-electron chi connectivity index (χ2n) is 8.74. The van der Waals surface area contributed by atoms with Gasteiger partial charge < -0.3 is 14.6 Å². The van der Waals surface area contributed by atoms with E-state index in [1.165, 1.54) is 18.4 Å². The van der Waals surface area contributed by atoms with Crippen molar-refractivity contribution in [3.05, 3.63) is 71.2 Å². The number of hydrogen-bond acceptors (Lipinski definition) is 4. The number of fused-ring (bicyclic) bond motifs is 1. The van der Waals surface area contributed by atoms with Gasteiger partial charge in [0.2, 0.25) is 0 Å². The van der Waals surface area contributed by atoms with Crippen molar-refractivity contribution in [3.63, 3.8) is 0 Å². The molecule has 0 spiro atoms. The fourth-order valence-electron chi connectivity index (χ4n) is 4.79. The van der Waals surface area contributed by atoms with Crippen molar-refractivity contribution < 1.29 is 18.4 Å². The van der Waals surface area contributed by atoms with Crippen LogP contribution in [0.25, 0.3) is 5.69 Å². The van der Waals surface area contributed by atoms with Crippen molar-refractivity contribution in [1.29, 1.82) is 0 Å². The fourth-order valence-corrected chi connectivity index (χ4v) is 4.79. The molecule has 5 rings (SSSR count). The minimum atomic E-state index is -0.299. The molecule has 3 aromatic rings. The van der Waals surface area contributed by atoms with E-state index in [9.17, 15) is 14.0 Å². The molecule has 0 unspecified atom stereocenters. The summed E-state index contributed by atoms with van der Waals surface area (Å²) < 4.78 is 20.5. The van der Waals surface area contributed by atoms with Crippen LogP contribution in [-0.2, 0) is 12.8 Å². The Morgan fingerprint density at radius 1 is 1.03 bits per heavy atom. The largest absolute Gasteiger partial charge is 0.459 e. The quantitative estimate of drug-likeness (QED) is 0.612. The number of carbonyl (C=O) groups excluding carboxylic acids is 2. The first-order chi connectivity index (χ1) is 16.1. The summed E-state index contributed by atoms with van der Waals surface area (Å²) in [5, 5.41) is 7.82. The molecule has 1 fully saturated rings. The van der Waals surface area contributed by atoms with Gasteiger partial charge in [-0.2, -0.15) is 5.10 Å². The van der Waals surface area contributed by atoms with Gasteiger partial charge in [-0.15, -0.1) is 0 Å². The summed E-state index contributed by atoms with van der Waals surface area (Å²) in [5.41, 5.74) is 3.27. The molecule has 7 nitrogen and oxygen atoms in total. The van der Waals surface area contributed by atoms with Crippen LogP contribution in [-0.4, -0.2) is 45.6 Å². The highest BCUT2D eigenvalue weighted by Crippen LogP contribution is 2.27. The van der Waals surface area contributed by atoms with Crippen LogP contribution in [0.5, 0.6) is 0 Å². The molecule has 1 aromatic carbocycles. The standard InChI is InChI=1S/C25H27FN4O3/c26-17-8-10-19(11-9-17)30-21-6-3-1-2-5-20(21)23(28-30)24(31)27-18-12-14-29(15-13-18)25(32)22-7-4-16-33-22/h4,7-11,16,18H,1-3,5-6,12-15H2,(H,27,31).